The smallest absolute Gasteiger partial charge is 0.230 e. The van der Waals surface area contributed by atoms with E-state index in [1.54, 1.807) is 25.3 Å². The van der Waals surface area contributed by atoms with Gasteiger partial charge in [0.05, 0.1) is 18.7 Å². The Morgan fingerprint density at radius 2 is 2.31 bits per heavy atom. The molecule has 0 aromatic heterocycles. The summed E-state index contributed by atoms with van der Waals surface area (Å²) >= 11 is 5.87. The van der Waals surface area contributed by atoms with Gasteiger partial charge in [0.2, 0.25) is 5.91 Å². The third kappa shape index (κ3) is 2.28. The van der Waals surface area contributed by atoms with Crippen molar-refractivity contribution in [1.29, 1.82) is 0 Å². The van der Waals surface area contributed by atoms with Gasteiger partial charge in [-0.25, -0.2) is 0 Å². The van der Waals surface area contributed by atoms with Gasteiger partial charge >= 0.3 is 0 Å². The van der Waals surface area contributed by atoms with Crippen LogP contribution >= 0.6 is 11.6 Å². The van der Waals surface area contributed by atoms with E-state index >= 15 is 0 Å². The molecule has 0 saturated carbocycles. The molecule has 1 heterocycles. The van der Waals surface area contributed by atoms with Crippen molar-refractivity contribution in [2.45, 2.75) is 0 Å². The second kappa shape index (κ2) is 4.72. The summed E-state index contributed by atoms with van der Waals surface area (Å²) in [5, 5.41) is 6.44. The molecule has 0 radical (unpaired) electrons. The Bertz CT molecular complexity index is 405. The van der Waals surface area contributed by atoms with Crippen molar-refractivity contribution in [3.8, 4) is 5.75 Å². The van der Waals surface area contributed by atoms with E-state index in [2.05, 4.69) is 10.6 Å². The first-order valence-electron chi connectivity index (χ1n) is 5.06. The van der Waals surface area contributed by atoms with Crippen LogP contribution in [0.15, 0.2) is 18.2 Å². The first-order valence-corrected chi connectivity index (χ1v) is 5.43. The average molecular weight is 241 g/mol. The molecule has 5 heteroatoms. The van der Waals surface area contributed by atoms with Gasteiger partial charge in [-0.1, -0.05) is 11.6 Å². The topological polar surface area (TPSA) is 50.4 Å². The SMILES string of the molecule is COc1ccc(Cl)cc1NC(=O)C1CNC1. The minimum atomic E-state index is -0.000633. The second-order valence-corrected chi connectivity index (χ2v) is 4.13. The molecule has 1 aromatic carbocycles. The number of ether oxygens (including phenoxy) is 1. The zero-order valence-electron chi connectivity index (χ0n) is 8.92. The largest absolute Gasteiger partial charge is 0.495 e. The molecule has 16 heavy (non-hydrogen) atoms. The van der Waals surface area contributed by atoms with E-state index in [1.807, 2.05) is 0 Å². The van der Waals surface area contributed by atoms with Crippen LogP contribution in [0.4, 0.5) is 5.69 Å². The molecule has 86 valence electrons. The molecule has 0 spiro atoms. The number of hydrogen-bond acceptors (Lipinski definition) is 3. The summed E-state index contributed by atoms with van der Waals surface area (Å²) < 4.78 is 5.14. The third-order valence-electron chi connectivity index (χ3n) is 2.57. The van der Waals surface area contributed by atoms with Crippen molar-refractivity contribution < 1.29 is 9.53 Å². The number of hydrogen-bond donors (Lipinski definition) is 2. The first-order chi connectivity index (χ1) is 7.70. The van der Waals surface area contributed by atoms with Crippen LogP contribution in [0, 0.1) is 5.92 Å². The molecule has 1 aromatic rings. The molecule has 0 unspecified atom stereocenters. The molecular weight excluding hydrogens is 228 g/mol. The van der Waals surface area contributed by atoms with Crippen LogP contribution in [-0.2, 0) is 4.79 Å². The van der Waals surface area contributed by atoms with E-state index in [0.717, 1.165) is 13.1 Å². The summed E-state index contributed by atoms with van der Waals surface area (Å²) in [6.45, 7) is 1.46. The minimum absolute atomic E-state index is 0.000633. The zero-order valence-corrected chi connectivity index (χ0v) is 9.67. The molecule has 2 rings (SSSR count). The van der Waals surface area contributed by atoms with Crippen LogP contribution in [0.5, 0.6) is 5.75 Å². The molecule has 2 N–H and O–H groups in total. The summed E-state index contributed by atoms with van der Waals surface area (Å²) in [5.41, 5.74) is 0.618. The van der Waals surface area contributed by atoms with Gasteiger partial charge < -0.3 is 15.4 Å². The van der Waals surface area contributed by atoms with Gasteiger partial charge in [-0.15, -0.1) is 0 Å². The molecular formula is C11H13ClN2O2. The summed E-state index contributed by atoms with van der Waals surface area (Å²) in [4.78, 5) is 11.7. The van der Waals surface area contributed by atoms with Crippen LogP contribution in [0.3, 0.4) is 0 Å². The maximum Gasteiger partial charge on any atom is 0.230 e. The Morgan fingerprint density at radius 3 is 2.88 bits per heavy atom. The van der Waals surface area contributed by atoms with Gasteiger partial charge in [-0.3, -0.25) is 4.79 Å². The van der Waals surface area contributed by atoms with Crippen molar-refractivity contribution in [3.63, 3.8) is 0 Å². The summed E-state index contributed by atoms with van der Waals surface area (Å²) in [6, 6.07) is 5.14. The molecule has 1 aliphatic heterocycles. The lowest BCUT2D eigenvalue weighted by Gasteiger charge is -2.26. The molecule has 1 amide bonds. The van der Waals surface area contributed by atoms with Crippen LogP contribution in [0.25, 0.3) is 0 Å². The van der Waals surface area contributed by atoms with Crippen molar-refractivity contribution in [1.82, 2.24) is 5.32 Å². The van der Waals surface area contributed by atoms with E-state index in [0.29, 0.717) is 16.5 Å². The van der Waals surface area contributed by atoms with Gasteiger partial charge in [-0.2, -0.15) is 0 Å². The predicted octanol–water partition coefficient (Wildman–Crippen LogP) is 1.51. The van der Waals surface area contributed by atoms with E-state index in [-0.39, 0.29) is 11.8 Å². The molecule has 0 aliphatic carbocycles. The number of amides is 1. The summed E-state index contributed by atoms with van der Waals surface area (Å²) in [7, 11) is 1.56. The fourth-order valence-electron chi connectivity index (χ4n) is 1.49. The molecule has 1 aliphatic rings. The molecule has 1 fully saturated rings. The van der Waals surface area contributed by atoms with Gasteiger partial charge in [0.15, 0.2) is 0 Å². The highest BCUT2D eigenvalue weighted by atomic mass is 35.5. The molecule has 0 atom stereocenters. The van der Waals surface area contributed by atoms with Crippen LogP contribution in [-0.4, -0.2) is 26.1 Å². The fourth-order valence-corrected chi connectivity index (χ4v) is 1.66. The van der Waals surface area contributed by atoms with E-state index in [1.165, 1.54) is 0 Å². The summed E-state index contributed by atoms with van der Waals surface area (Å²) in [6.07, 6.45) is 0. The number of halogens is 1. The lowest BCUT2D eigenvalue weighted by atomic mass is 10.0. The maximum absolute atomic E-state index is 11.7. The van der Waals surface area contributed by atoms with Crippen molar-refractivity contribution in [2.24, 2.45) is 5.92 Å². The highest BCUT2D eigenvalue weighted by Gasteiger charge is 2.25. The van der Waals surface area contributed by atoms with Crippen molar-refractivity contribution in [2.75, 3.05) is 25.5 Å². The average Bonchev–Trinajstić information content (AvgIpc) is 2.15. The van der Waals surface area contributed by atoms with E-state index in [9.17, 15) is 4.79 Å². The number of nitrogens with one attached hydrogen (secondary N) is 2. The van der Waals surface area contributed by atoms with Crippen LogP contribution in [0.2, 0.25) is 5.02 Å². The predicted molar refractivity (Wildman–Crippen MR) is 63.0 cm³/mol. The molecule has 0 bridgehead atoms. The van der Waals surface area contributed by atoms with Crippen LogP contribution in [0.1, 0.15) is 0 Å². The Balaban J connectivity index is 2.12. The number of carbonyl (C=O) groups excluding carboxylic acids is 1. The number of anilines is 1. The Morgan fingerprint density at radius 1 is 1.56 bits per heavy atom. The first kappa shape index (κ1) is 11.2. The Hall–Kier alpha value is -1.26. The lowest BCUT2D eigenvalue weighted by Crippen LogP contribution is -2.48. The van der Waals surface area contributed by atoms with Crippen molar-refractivity contribution >= 4 is 23.2 Å². The number of benzene rings is 1. The lowest BCUT2D eigenvalue weighted by molar-refractivity contribution is -0.121. The second-order valence-electron chi connectivity index (χ2n) is 3.69. The minimum Gasteiger partial charge on any atom is -0.495 e. The summed E-state index contributed by atoms with van der Waals surface area (Å²) in [5.74, 6) is 0.660. The fraction of sp³-hybridized carbons (Fsp3) is 0.364. The highest BCUT2D eigenvalue weighted by molar-refractivity contribution is 6.31. The van der Waals surface area contributed by atoms with Gasteiger partial charge in [0, 0.05) is 18.1 Å². The molecule has 1 saturated heterocycles. The van der Waals surface area contributed by atoms with Crippen LogP contribution < -0.4 is 15.4 Å². The zero-order chi connectivity index (χ0) is 11.5. The van der Waals surface area contributed by atoms with Gasteiger partial charge in [0.25, 0.3) is 0 Å². The van der Waals surface area contributed by atoms with E-state index in [4.69, 9.17) is 16.3 Å². The molecule has 4 nitrogen and oxygen atoms in total. The monoisotopic (exact) mass is 240 g/mol. The van der Waals surface area contributed by atoms with Gasteiger partial charge in [0.1, 0.15) is 5.75 Å². The van der Waals surface area contributed by atoms with E-state index < -0.39 is 0 Å². The standard InChI is InChI=1S/C11H13ClN2O2/c1-16-10-3-2-8(12)4-9(10)14-11(15)7-5-13-6-7/h2-4,7,13H,5-6H2,1H3,(H,14,15). The maximum atomic E-state index is 11.7. The van der Waals surface area contributed by atoms with Crippen molar-refractivity contribution in [3.05, 3.63) is 23.2 Å². The highest BCUT2D eigenvalue weighted by Crippen LogP contribution is 2.28. The number of methoxy groups -OCH3 is 1. The quantitative estimate of drug-likeness (QED) is 0.842. The number of rotatable bonds is 3. The number of carbonyl (C=O) groups is 1. The Labute approximate surface area is 98.9 Å². The normalized spacial score (nSPS) is 15.4. The third-order valence-corrected chi connectivity index (χ3v) is 2.81. The Kier molecular flexibility index (Phi) is 3.31. The van der Waals surface area contributed by atoms with Gasteiger partial charge in [-0.05, 0) is 18.2 Å².